The van der Waals surface area contributed by atoms with Gasteiger partial charge in [0.1, 0.15) is 11.5 Å². The van der Waals surface area contributed by atoms with Crippen LogP contribution >= 0.6 is 0 Å². The van der Waals surface area contributed by atoms with Crippen molar-refractivity contribution in [1.29, 1.82) is 0 Å². The molecule has 38 heavy (non-hydrogen) atoms. The summed E-state index contributed by atoms with van der Waals surface area (Å²) < 4.78 is 16.7. The fourth-order valence-electron chi connectivity index (χ4n) is 4.70. The van der Waals surface area contributed by atoms with E-state index >= 15 is 0 Å². The molecule has 1 aromatic heterocycles. The van der Waals surface area contributed by atoms with Crippen molar-refractivity contribution < 1.29 is 28.9 Å². The Bertz CT molecular complexity index is 1560. The number of amides is 1. The lowest BCUT2D eigenvalue weighted by Gasteiger charge is -2.24. The summed E-state index contributed by atoms with van der Waals surface area (Å²) in [6.45, 7) is 4.08. The molecule has 4 aromatic rings. The number of carbonyl (C=O) groups is 2. The van der Waals surface area contributed by atoms with Gasteiger partial charge in [-0.05, 0) is 55.8 Å². The number of nitrogens with one attached hydrogen (secondary N) is 1. The number of para-hydroxylation sites is 2. The lowest BCUT2D eigenvalue weighted by Crippen LogP contribution is -2.30. The number of ketones is 1. The predicted molar refractivity (Wildman–Crippen MR) is 143 cm³/mol. The van der Waals surface area contributed by atoms with E-state index < -0.39 is 17.7 Å². The lowest BCUT2D eigenvalue weighted by atomic mass is 9.94. The average Bonchev–Trinajstić information content (AvgIpc) is 3.46. The smallest absolute Gasteiger partial charge is 0.302 e. The van der Waals surface area contributed by atoms with E-state index in [0.717, 1.165) is 5.56 Å². The van der Waals surface area contributed by atoms with Crippen molar-refractivity contribution in [2.45, 2.75) is 19.9 Å². The minimum atomic E-state index is -1.01. The minimum Gasteiger partial charge on any atom is -0.507 e. The van der Waals surface area contributed by atoms with Gasteiger partial charge in [0.05, 0.1) is 49.0 Å². The van der Waals surface area contributed by atoms with Gasteiger partial charge in [0.2, 0.25) is 5.95 Å². The number of rotatable bonds is 7. The van der Waals surface area contributed by atoms with Crippen LogP contribution in [0.3, 0.4) is 0 Å². The van der Waals surface area contributed by atoms with E-state index in [1.54, 1.807) is 36.4 Å². The molecule has 3 aromatic carbocycles. The zero-order valence-corrected chi connectivity index (χ0v) is 21.4. The Morgan fingerprint density at radius 2 is 1.74 bits per heavy atom. The van der Waals surface area contributed by atoms with Crippen LogP contribution in [-0.2, 0) is 9.59 Å². The Labute approximate surface area is 219 Å². The second kappa shape index (κ2) is 9.93. The summed E-state index contributed by atoms with van der Waals surface area (Å²) in [6.07, 6.45) is 0. The molecule has 0 radical (unpaired) electrons. The van der Waals surface area contributed by atoms with Gasteiger partial charge in [-0.25, -0.2) is 4.98 Å². The molecule has 1 amide bonds. The molecule has 2 N–H and O–H groups in total. The summed E-state index contributed by atoms with van der Waals surface area (Å²) in [7, 11) is 3.01. The van der Waals surface area contributed by atoms with Crippen LogP contribution in [0, 0.1) is 6.92 Å². The Morgan fingerprint density at radius 1 is 1.00 bits per heavy atom. The first-order valence-corrected chi connectivity index (χ1v) is 12.1. The van der Waals surface area contributed by atoms with E-state index in [-0.39, 0.29) is 17.3 Å². The number of anilines is 1. The second-order valence-electron chi connectivity index (χ2n) is 8.79. The van der Waals surface area contributed by atoms with Crippen molar-refractivity contribution in [1.82, 2.24) is 9.97 Å². The molecule has 0 spiro atoms. The monoisotopic (exact) mass is 513 g/mol. The molecular weight excluding hydrogens is 486 g/mol. The van der Waals surface area contributed by atoms with Crippen LogP contribution in [0.25, 0.3) is 16.8 Å². The Balaban J connectivity index is 1.78. The predicted octanol–water partition coefficient (Wildman–Crippen LogP) is 4.91. The van der Waals surface area contributed by atoms with Crippen molar-refractivity contribution in [2.75, 3.05) is 25.7 Å². The number of aromatic nitrogens is 2. The van der Waals surface area contributed by atoms with Crippen molar-refractivity contribution in [2.24, 2.45) is 0 Å². The topological polar surface area (TPSA) is 114 Å². The van der Waals surface area contributed by atoms with Gasteiger partial charge in [-0.2, -0.15) is 0 Å². The molecule has 1 atom stereocenters. The summed E-state index contributed by atoms with van der Waals surface area (Å²) >= 11 is 0. The highest BCUT2D eigenvalue weighted by molar-refractivity contribution is 6.51. The van der Waals surface area contributed by atoms with Crippen LogP contribution in [0.4, 0.5) is 5.95 Å². The van der Waals surface area contributed by atoms with E-state index in [0.29, 0.717) is 46.0 Å². The van der Waals surface area contributed by atoms with Crippen LogP contribution in [0.1, 0.15) is 29.7 Å². The van der Waals surface area contributed by atoms with E-state index in [2.05, 4.69) is 9.97 Å². The van der Waals surface area contributed by atoms with Crippen LogP contribution in [0.5, 0.6) is 17.2 Å². The minimum absolute atomic E-state index is 0.0908. The van der Waals surface area contributed by atoms with E-state index in [4.69, 9.17) is 14.2 Å². The molecule has 1 unspecified atom stereocenters. The number of aliphatic hydroxyl groups is 1. The third-order valence-corrected chi connectivity index (χ3v) is 6.46. The van der Waals surface area contributed by atoms with Gasteiger partial charge in [-0.1, -0.05) is 29.8 Å². The fourth-order valence-corrected chi connectivity index (χ4v) is 4.70. The number of methoxy groups -OCH3 is 2. The first kappa shape index (κ1) is 24.9. The largest absolute Gasteiger partial charge is 0.507 e. The molecule has 2 heterocycles. The van der Waals surface area contributed by atoms with Gasteiger partial charge in [0, 0.05) is 0 Å². The highest BCUT2D eigenvalue weighted by Gasteiger charge is 2.48. The molecule has 194 valence electrons. The average molecular weight is 514 g/mol. The molecule has 0 aliphatic carbocycles. The van der Waals surface area contributed by atoms with Crippen LogP contribution < -0.4 is 19.1 Å². The molecule has 1 aliphatic rings. The Hall–Kier alpha value is -4.79. The Morgan fingerprint density at radius 3 is 2.45 bits per heavy atom. The lowest BCUT2D eigenvalue weighted by molar-refractivity contribution is -0.132. The molecule has 0 bridgehead atoms. The third-order valence-electron chi connectivity index (χ3n) is 6.46. The number of imidazole rings is 1. The number of ether oxygens (including phenoxy) is 3. The van der Waals surface area contributed by atoms with Crippen molar-refractivity contribution in [3.63, 3.8) is 0 Å². The molecule has 5 rings (SSSR count). The summed E-state index contributed by atoms with van der Waals surface area (Å²) in [5.74, 6) is -0.524. The van der Waals surface area contributed by atoms with Crippen LogP contribution in [-0.4, -0.2) is 47.6 Å². The number of H-pyrrole nitrogens is 1. The van der Waals surface area contributed by atoms with Gasteiger partial charge in [-0.3, -0.25) is 14.5 Å². The number of Topliss-reactive ketones (excluding diaryl/α,β-unsaturated/α-hetero) is 1. The number of fused-ring (bicyclic) bond motifs is 1. The SMILES string of the molecule is CCOc1cc(C2/C(=C(\O)c3cc(C)ccc3OC)C(=O)C(=O)N2c2nc3ccccc3[nH]2)ccc1OC. The normalized spacial score (nSPS) is 16.7. The molecule has 9 heteroatoms. The van der Waals surface area contributed by atoms with Gasteiger partial charge in [-0.15, -0.1) is 0 Å². The first-order chi connectivity index (χ1) is 18.4. The maximum atomic E-state index is 13.6. The highest BCUT2D eigenvalue weighted by atomic mass is 16.5. The van der Waals surface area contributed by atoms with E-state index in [1.165, 1.54) is 19.1 Å². The van der Waals surface area contributed by atoms with Crippen molar-refractivity contribution in [3.05, 3.63) is 82.9 Å². The first-order valence-electron chi connectivity index (χ1n) is 12.1. The number of hydrogen-bond donors (Lipinski definition) is 2. The van der Waals surface area contributed by atoms with Gasteiger partial charge in [0.15, 0.2) is 11.5 Å². The molecule has 9 nitrogen and oxygen atoms in total. The fraction of sp³-hybridized carbons (Fsp3) is 0.207. The highest BCUT2D eigenvalue weighted by Crippen LogP contribution is 2.44. The molecule has 0 saturated carbocycles. The zero-order valence-electron chi connectivity index (χ0n) is 21.4. The zero-order chi connectivity index (χ0) is 27.0. The maximum Gasteiger partial charge on any atom is 0.302 e. The van der Waals surface area contributed by atoms with Crippen molar-refractivity contribution >= 4 is 34.4 Å². The second-order valence-corrected chi connectivity index (χ2v) is 8.79. The summed E-state index contributed by atoms with van der Waals surface area (Å²) in [6, 6.07) is 16.7. The number of aryl methyl sites for hydroxylation is 1. The van der Waals surface area contributed by atoms with Gasteiger partial charge < -0.3 is 24.3 Å². The van der Waals surface area contributed by atoms with Crippen molar-refractivity contribution in [3.8, 4) is 17.2 Å². The molecule has 1 saturated heterocycles. The summed E-state index contributed by atoms with van der Waals surface area (Å²) in [5.41, 5.74) is 2.92. The number of carbonyl (C=O) groups excluding carboxylic acids is 2. The number of nitrogens with zero attached hydrogens (tertiary/aromatic N) is 2. The molecule has 1 aliphatic heterocycles. The third kappa shape index (κ3) is 4.11. The number of aromatic amines is 1. The molecular formula is C29H27N3O6. The number of benzene rings is 3. The number of aliphatic hydroxyl groups excluding tert-OH is 1. The maximum absolute atomic E-state index is 13.6. The number of hydrogen-bond acceptors (Lipinski definition) is 7. The standard InChI is InChI=1S/C29H27N3O6/c1-5-38-23-15-17(11-13-22(23)37-4)25-24(26(33)18-14-16(2)10-12-21(18)36-3)27(34)28(35)32(25)29-30-19-8-6-7-9-20(19)31-29/h6-15,25,33H,5H2,1-4H3,(H,30,31)/b26-24+. The summed E-state index contributed by atoms with van der Waals surface area (Å²) in [5, 5.41) is 11.6. The van der Waals surface area contributed by atoms with E-state index in [9.17, 15) is 14.7 Å². The Kier molecular flexibility index (Phi) is 6.50. The van der Waals surface area contributed by atoms with Gasteiger partial charge >= 0.3 is 5.91 Å². The van der Waals surface area contributed by atoms with Crippen LogP contribution in [0.2, 0.25) is 0 Å². The summed E-state index contributed by atoms with van der Waals surface area (Å²) in [4.78, 5) is 36.1. The molecule has 1 fully saturated rings. The quantitative estimate of drug-likeness (QED) is 0.205. The van der Waals surface area contributed by atoms with E-state index in [1.807, 2.05) is 38.1 Å². The van der Waals surface area contributed by atoms with Crippen LogP contribution in [0.15, 0.2) is 66.2 Å². The van der Waals surface area contributed by atoms with Gasteiger partial charge in [0.25, 0.3) is 5.78 Å².